The SMILES string of the molecule is COc1cc(C(=O)OCC(=O)N[C@@H]2CCS(=O)(=O)C2)ccc1OCc1ccc(Cl)cc1Cl. The number of hydrogen-bond acceptors (Lipinski definition) is 7. The van der Waals surface area contributed by atoms with Crippen LogP contribution in [0.15, 0.2) is 36.4 Å². The summed E-state index contributed by atoms with van der Waals surface area (Å²) in [6, 6.07) is 9.05. The van der Waals surface area contributed by atoms with Crippen LogP contribution in [0.2, 0.25) is 10.0 Å². The highest BCUT2D eigenvalue weighted by atomic mass is 35.5. The van der Waals surface area contributed by atoms with Gasteiger partial charge in [-0.05, 0) is 36.8 Å². The quantitative estimate of drug-likeness (QED) is 0.553. The van der Waals surface area contributed by atoms with Crippen LogP contribution in [0.4, 0.5) is 0 Å². The van der Waals surface area contributed by atoms with Crippen molar-refractivity contribution >= 4 is 44.9 Å². The molecule has 1 atom stereocenters. The summed E-state index contributed by atoms with van der Waals surface area (Å²) >= 11 is 12.0. The number of carbonyl (C=O) groups excluding carboxylic acids is 2. The molecule has 1 aliphatic rings. The number of esters is 1. The average molecular weight is 502 g/mol. The van der Waals surface area contributed by atoms with E-state index in [-0.39, 0.29) is 23.7 Å². The molecule has 32 heavy (non-hydrogen) atoms. The summed E-state index contributed by atoms with van der Waals surface area (Å²) in [5.41, 5.74) is 0.887. The van der Waals surface area contributed by atoms with Gasteiger partial charge in [0.1, 0.15) is 6.61 Å². The predicted octanol–water partition coefficient (Wildman–Crippen LogP) is 3.04. The second-order valence-electron chi connectivity index (χ2n) is 7.13. The molecule has 0 radical (unpaired) electrons. The Morgan fingerprint density at radius 3 is 2.56 bits per heavy atom. The number of sulfone groups is 1. The maximum atomic E-state index is 12.3. The van der Waals surface area contributed by atoms with Crippen molar-refractivity contribution in [3.8, 4) is 11.5 Å². The van der Waals surface area contributed by atoms with Gasteiger partial charge in [0.15, 0.2) is 27.9 Å². The molecule has 0 aromatic heterocycles. The van der Waals surface area contributed by atoms with Gasteiger partial charge in [0, 0.05) is 21.7 Å². The smallest absolute Gasteiger partial charge is 0.338 e. The summed E-state index contributed by atoms with van der Waals surface area (Å²) in [5, 5.41) is 3.53. The molecule has 0 unspecified atom stereocenters. The van der Waals surface area contributed by atoms with E-state index in [0.29, 0.717) is 28.0 Å². The minimum absolute atomic E-state index is 0.0379. The van der Waals surface area contributed by atoms with E-state index in [1.165, 1.54) is 19.2 Å². The lowest BCUT2D eigenvalue weighted by atomic mass is 10.2. The van der Waals surface area contributed by atoms with Crippen molar-refractivity contribution in [2.24, 2.45) is 0 Å². The Morgan fingerprint density at radius 1 is 1.12 bits per heavy atom. The van der Waals surface area contributed by atoms with E-state index in [1.54, 1.807) is 24.3 Å². The van der Waals surface area contributed by atoms with E-state index in [2.05, 4.69) is 5.32 Å². The van der Waals surface area contributed by atoms with Crippen molar-refractivity contribution in [3.05, 3.63) is 57.6 Å². The highest BCUT2D eigenvalue weighted by Crippen LogP contribution is 2.30. The standard InChI is InChI=1S/C21H21Cl2NO7S/c1-29-19-8-13(3-5-18(19)30-10-14-2-4-15(22)9-17(14)23)21(26)31-11-20(25)24-16-6-7-32(27,28)12-16/h2-5,8-9,16H,6-7,10-12H2,1H3,(H,24,25)/t16-/m1/s1. The Balaban J connectivity index is 1.56. The number of nitrogens with one attached hydrogen (secondary N) is 1. The number of carbonyl (C=O) groups is 2. The Morgan fingerprint density at radius 2 is 1.91 bits per heavy atom. The van der Waals surface area contributed by atoms with Crippen LogP contribution in [0.25, 0.3) is 0 Å². The molecule has 3 rings (SSSR count). The molecule has 0 spiro atoms. The van der Waals surface area contributed by atoms with Crippen molar-refractivity contribution in [2.75, 3.05) is 25.2 Å². The van der Waals surface area contributed by atoms with E-state index in [0.717, 1.165) is 5.56 Å². The van der Waals surface area contributed by atoms with Crippen LogP contribution in [-0.4, -0.2) is 51.6 Å². The third kappa shape index (κ3) is 6.51. The van der Waals surface area contributed by atoms with Gasteiger partial charge < -0.3 is 19.5 Å². The van der Waals surface area contributed by atoms with Crippen molar-refractivity contribution in [2.45, 2.75) is 19.1 Å². The Kier molecular flexibility index (Phi) is 7.86. The summed E-state index contributed by atoms with van der Waals surface area (Å²) in [6.07, 6.45) is 0.349. The molecule has 1 aliphatic heterocycles. The number of benzene rings is 2. The maximum absolute atomic E-state index is 12.3. The van der Waals surface area contributed by atoms with Gasteiger partial charge in [0.05, 0.1) is 24.2 Å². The van der Waals surface area contributed by atoms with E-state index in [9.17, 15) is 18.0 Å². The van der Waals surface area contributed by atoms with E-state index in [1.807, 2.05) is 0 Å². The van der Waals surface area contributed by atoms with Gasteiger partial charge in [-0.25, -0.2) is 13.2 Å². The zero-order chi connectivity index (χ0) is 23.3. The fourth-order valence-corrected chi connectivity index (χ4v) is 5.24. The number of rotatable bonds is 8. The molecule has 1 amide bonds. The van der Waals surface area contributed by atoms with Gasteiger partial charge in [0.2, 0.25) is 0 Å². The molecule has 172 valence electrons. The molecule has 1 fully saturated rings. The molecule has 2 aromatic rings. The van der Waals surface area contributed by atoms with Crippen molar-refractivity contribution < 1.29 is 32.2 Å². The number of hydrogen-bond donors (Lipinski definition) is 1. The number of methoxy groups -OCH3 is 1. The minimum Gasteiger partial charge on any atom is -0.493 e. The third-order valence-electron chi connectivity index (χ3n) is 4.73. The Hall–Kier alpha value is -2.49. The molecule has 1 saturated heterocycles. The average Bonchev–Trinajstić information content (AvgIpc) is 3.09. The second-order valence-corrected chi connectivity index (χ2v) is 10.2. The van der Waals surface area contributed by atoms with Crippen LogP contribution in [0, 0.1) is 0 Å². The van der Waals surface area contributed by atoms with Crippen molar-refractivity contribution in [3.63, 3.8) is 0 Å². The number of ether oxygens (including phenoxy) is 3. The third-order valence-corrected chi connectivity index (χ3v) is 7.08. The summed E-state index contributed by atoms with van der Waals surface area (Å²) in [7, 11) is -1.69. The van der Waals surface area contributed by atoms with Crippen LogP contribution in [0.3, 0.4) is 0 Å². The normalized spacial score (nSPS) is 16.9. The van der Waals surface area contributed by atoms with Gasteiger partial charge in [-0.15, -0.1) is 0 Å². The minimum atomic E-state index is -3.12. The number of halogens is 2. The van der Waals surface area contributed by atoms with Crippen LogP contribution in [0.1, 0.15) is 22.3 Å². The fraction of sp³-hybridized carbons (Fsp3) is 0.333. The zero-order valence-corrected chi connectivity index (χ0v) is 19.4. The van der Waals surface area contributed by atoms with Crippen molar-refractivity contribution in [1.29, 1.82) is 0 Å². The molecule has 0 bridgehead atoms. The topological polar surface area (TPSA) is 108 Å². The molecule has 1 heterocycles. The first kappa shape index (κ1) is 24.2. The monoisotopic (exact) mass is 501 g/mol. The summed E-state index contributed by atoms with van der Waals surface area (Å²) in [5.74, 6) is -0.680. The van der Waals surface area contributed by atoms with Crippen molar-refractivity contribution in [1.82, 2.24) is 5.32 Å². The van der Waals surface area contributed by atoms with Crippen LogP contribution >= 0.6 is 23.2 Å². The summed E-state index contributed by atoms with van der Waals surface area (Å²) in [6.45, 7) is -0.363. The molecule has 8 nitrogen and oxygen atoms in total. The van der Waals surface area contributed by atoms with Crippen LogP contribution in [0.5, 0.6) is 11.5 Å². The van der Waals surface area contributed by atoms with E-state index < -0.39 is 34.4 Å². The van der Waals surface area contributed by atoms with Gasteiger partial charge in [-0.2, -0.15) is 0 Å². The highest BCUT2D eigenvalue weighted by molar-refractivity contribution is 7.91. The summed E-state index contributed by atoms with van der Waals surface area (Å²) in [4.78, 5) is 24.2. The van der Waals surface area contributed by atoms with Gasteiger partial charge in [-0.3, -0.25) is 4.79 Å². The molecule has 0 saturated carbocycles. The Labute approximate surface area is 195 Å². The molecular weight excluding hydrogens is 481 g/mol. The molecular formula is C21H21Cl2NO7S. The first-order chi connectivity index (χ1) is 15.2. The number of amides is 1. The van der Waals surface area contributed by atoms with E-state index in [4.69, 9.17) is 37.4 Å². The largest absolute Gasteiger partial charge is 0.493 e. The van der Waals surface area contributed by atoms with Crippen LogP contribution < -0.4 is 14.8 Å². The highest BCUT2D eigenvalue weighted by Gasteiger charge is 2.29. The van der Waals surface area contributed by atoms with Gasteiger partial charge in [-0.1, -0.05) is 29.3 Å². The molecule has 2 aromatic carbocycles. The zero-order valence-electron chi connectivity index (χ0n) is 17.1. The lowest BCUT2D eigenvalue weighted by molar-refractivity contribution is -0.124. The lowest BCUT2D eigenvalue weighted by Gasteiger charge is -2.13. The van der Waals surface area contributed by atoms with Crippen LogP contribution in [-0.2, 0) is 26.0 Å². The fourth-order valence-electron chi connectivity index (χ4n) is 3.10. The first-order valence-corrected chi connectivity index (χ1v) is 12.2. The van der Waals surface area contributed by atoms with Gasteiger partial charge in [0.25, 0.3) is 5.91 Å². The molecule has 1 N–H and O–H groups in total. The van der Waals surface area contributed by atoms with Gasteiger partial charge >= 0.3 is 5.97 Å². The molecule has 11 heteroatoms. The lowest BCUT2D eigenvalue weighted by Crippen LogP contribution is -2.38. The summed E-state index contributed by atoms with van der Waals surface area (Å²) < 4.78 is 38.9. The van der Waals surface area contributed by atoms with E-state index >= 15 is 0 Å². The second kappa shape index (κ2) is 10.4. The first-order valence-electron chi connectivity index (χ1n) is 9.58. The predicted molar refractivity (Wildman–Crippen MR) is 119 cm³/mol. The molecule has 0 aliphatic carbocycles. The maximum Gasteiger partial charge on any atom is 0.338 e. The Bertz CT molecular complexity index is 1120.